The molecule has 2 heterocycles. The molecule has 3 rings (SSSR count). The number of hydrogen-bond donors (Lipinski definition) is 3. The van der Waals surface area contributed by atoms with Crippen LogP contribution in [0.5, 0.6) is 0 Å². The smallest absolute Gasteiger partial charge is 0.267 e. The van der Waals surface area contributed by atoms with Gasteiger partial charge in [-0.3, -0.25) is 4.79 Å². The number of hydrogen-bond acceptors (Lipinski definition) is 3. The van der Waals surface area contributed by atoms with Crippen molar-refractivity contribution in [1.29, 1.82) is 0 Å². The van der Waals surface area contributed by atoms with Gasteiger partial charge in [0.05, 0.1) is 6.10 Å². The fourth-order valence-corrected chi connectivity index (χ4v) is 2.77. The molecule has 5 heteroatoms. The Morgan fingerprint density at radius 2 is 2.20 bits per heavy atom. The maximum Gasteiger partial charge on any atom is 0.267 e. The first-order chi connectivity index (χ1) is 9.74. The predicted molar refractivity (Wildman–Crippen MR) is 79.9 cm³/mol. The van der Waals surface area contributed by atoms with Crippen LogP contribution in [0.4, 0.5) is 0 Å². The maximum atomic E-state index is 12.0. The van der Waals surface area contributed by atoms with E-state index in [0.717, 1.165) is 16.5 Å². The zero-order valence-corrected chi connectivity index (χ0v) is 11.5. The number of H-pyrrole nitrogens is 1. The van der Waals surface area contributed by atoms with Crippen LogP contribution in [0.15, 0.2) is 47.2 Å². The van der Waals surface area contributed by atoms with Crippen molar-refractivity contribution in [1.82, 2.24) is 10.3 Å². The van der Waals surface area contributed by atoms with E-state index in [2.05, 4.69) is 10.3 Å². The first kappa shape index (κ1) is 12.9. The molecule has 102 valence electrons. The van der Waals surface area contributed by atoms with Crippen LogP contribution < -0.4 is 5.32 Å². The molecule has 0 fully saturated rings. The number of rotatable bonds is 4. The van der Waals surface area contributed by atoms with Crippen molar-refractivity contribution in [3.8, 4) is 0 Å². The summed E-state index contributed by atoms with van der Waals surface area (Å²) >= 11 is 1.52. The van der Waals surface area contributed by atoms with Crippen LogP contribution >= 0.6 is 11.3 Å². The van der Waals surface area contributed by atoms with Gasteiger partial charge in [-0.05, 0) is 34.5 Å². The Hall–Kier alpha value is -2.11. The number of aliphatic hydroxyl groups is 1. The van der Waals surface area contributed by atoms with Gasteiger partial charge in [-0.25, -0.2) is 0 Å². The summed E-state index contributed by atoms with van der Waals surface area (Å²) in [6, 6.07) is 11.4. The number of aliphatic hydroxyl groups excluding tert-OH is 1. The fourth-order valence-electron chi connectivity index (χ4n) is 2.06. The first-order valence-corrected chi connectivity index (χ1v) is 7.24. The number of fused-ring (bicyclic) bond motifs is 1. The third-order valence-electron chi connectivity index (χ3n) is 3.16. The second kappa shape index (κ2) is 5.48. The third-order valence-corrected chi connectivity index (χ3v) is 3.86. The minimum absolute atomic E-state index is 0.199. The minimum atomic E-state index is -0.672. The molecule has 4 nitrogen and oxygen atoms in total. The highest BCUT2D eigenvalue weighted by atomic mass is 32.1. The quantitative estimate of drug-likeness (QED) is 0.690. The van der Waals surface area contributed by atoms with Gasteiger partial charge in [-0.1, -0.05) is 18.2 Å². The van der Waals surface area contributed by atoms with Gasteiger partial charge in [0.1, 0.15) is 5.69 Å². The van der Waals surface area contributed by atoms with Crippen molar-refractivity contribution in [2.24, 2.45) is 0 Å². The number of aromatic nitrogens is 1. The van der Waals surface area contributed by atoms with Crippen LogP contribution in [0.25, 0.3) is 10.9 Å². The molecule has 0 bridgehead atoms. The lowest BCUT2D eigenvalue weighted by Crippen LogP contribution is -2.28. The Morgan fingerprint density at radius 3 is 2.95 bits per heavy atom. The monoisotopic (exact) mass is 286 g/mol. The lowest BCUT2D eigenvalue weighted by atomic mass is 10.2. The molecule has 0 saturated heterocycles. The van der Waals surface area contributed by atoms with Gasteiger partial charge in [-0.15, -0.1) is 0 Å². The average molecular weight is 286 g/mol. The molecular weight excluding hydrogens is 272 g/mol. The molecule has 1 atom stereocenters. The summed E-state index contributed by atoms with van der Waals surface area (Å²) < 4.78 is 0. The molecule has 3 N–H and O–H groups in total. The zero-order chi connectivity index (χ0) is 13.9. The summed E-state index contributed by atoms with van der Waals surface area (Å²) in [5, 5.41) is 17.4. The molecule has 1 amide bonds. The summed E-state index contributed by atoms with van der Waals surface area (Å²) in [5.41, 5.74) is 2.26. The molecule has 0 aliphatic carbocycles. The number of nitrogens with one attached hydrogen (secondary N) is 2. The average Bonchev–Trinajstić information content (AvgIpc) is 3.12. The van der Waals surface area contributed by atoms with Gasteiger partial charge >= 0.3 is 0 Å². The molecule has 0 unspecified atom stereocenters. The molecule has 0 saturated carbocycles. The largest absolute Gasteiger partial charge is 0.387 e. The van der Waals surface area contributed by atoms with E-state index in [1.165, 1.54) is 11.3 Å². The fraction of sp³-hybridized carbons (Fsp3) is 0.133. The summed E-state index contributed by atoms with van der Waals surface area (Å²) in [7, 11) is 0. The molecular formula is C15H14N2O2S. The Balaban J connectivity index is 1.67. The molecule has 3 aromatic rings. The van der Waals surface area contributed by atoms with Crippen LogP contribution in [0.3, 0.4) is 0 Å². The van der Waals surface area contributed by atoms with E-state index in [-0.39, 0.29) is 12.5 Å². The van der Waals surface area contributed by atoms with Crippen molar-refractivity contribution in [3.05, 3.63) is 58.4 Å². The highest BCUT2D eigenvalue weighted by Gasteiger charge is 2.12. The van der Waals surface area contributed by atoms with Crippen LogP contribution in [-0.2, 0) is 0 Å². The van der Waals surface area contributed by atoms with Gasteiger partial charge in [0.15, 0.2) is 0 Å². The Labute approximate surface area is 120 Å². The molecule has 1 aromatic carbocycles. The van der Waals surface area contributed by atoms with Gasteiger partial charge in [0.25, 0.3) is 5.91 Å². The van der Waals surface area contributed by atoms with Gasteiger partial charge in [0.2, 0.25) is 0 Å². The second-order valence-corrected chi connectivity index (χ2v) is 5.33. The van der Waals surface area contributed by atoms with Crippen LogP contribution in [0, 0.1) is 0 Å². The topological polar surface area (TPSA) is 65.1 Å². The zero-order valence-electron chi connectivity index (χ0n) is 10.7. The van der Waals surface area contributed by atoms with Crippen LogP contribution in [0.2, 0.25) is 0 Å². The molecule has 2 aromatic heterocycles. The number of benzene rings is 1. The van der Waals surface area contributed by atoms with Crippen molar-refractivity contribution in [3.63, 3.8) is 0 Å². The predicted octanol–water partition coefficient (Wildman–Crippen LogP) is 2.69. The SMILES string of the molecule is O=C(NC[C@@H](O)c1ccsc1)c1cc2ccccc2[nH]1. The van der Waals surface area contributed by atoms with Crippen molar-refractivity contribution in [2.45, 2.75) is 6.10 Å². The number of amides is 1. The van der Waals surface area contributed by atoms with Crippen molar-refractivity contribution in [2.75, 3.05) is 6.54 Å². The molecule has 0 aliphatic rings. The highest BCUT2D eigenvalue weighted by Crippen LogP contribution is 2.16. The third kappa shape index (κ3) is 2.59. The van der Waals surface area contributed by atoms with Gasteiger partial charge < -0.3 is 15.4 Å². The number of carbonyl (C=O) groups excluding carboxylic acids is 1. The number of carbonyl (C=O) groups is 1. The number of aromatic amines is 1. The van der Waals surface area contributed by atoms with E-state index >= 15 is 0 Å². The van der Waals surface area contributed by atoms with E-state index in [1.54, 1.807) is 0 Å². The van der Waals surface area contributed by atoms with E-state index < -0.39 is 6.10 Å². The minimum Gasteiger partial charge on any atom is -0.387 e. The van der Waals surface area contributed by atoms with E-state index in [1.807, 2.05) is 47.2 Å². The van der Waals surface area contributed by atoms with E-state index in [9.17, 15) is 9.90 Å². The van der Waals surface area contributed by atoms with Crippen molar-refractivity contribution < 1.29 is 9.90 Å². The summed E-state index contributed by atoms with van der Waals surface area (Å²) in [6.45, 7) is 0.199. The summed E-state index contributed by atoms with van der Waals surface area (Å²) in [6.07, 6.45) is -0.672. The first-order valence-electron chi connectivity index (χ1n) is 6.30. The van der Waals surface area contributed by atoms with E-state index in [0.29, 0.717) is 5.69 Å². The lowest BCUT2D eigenvalue weighted by molar-refractivity contribution is 0.0912. The highest BCUT2D eigenvalue weighted by molar-refractivity contribution is 7.07. The Kier molecular flexibility index (Phi) is 3.54. The van der Waals surface area contributed by atoms with E-state index in [4.69, 9.17) is 0 Å². The molecule has 20 heavy (non-hydrogen) atoms. The standard InChI is InChI=1S/C15H14N2O2S/c18-14(11-5-6-20-9-11)8-16-15(19)13-7-10-3-1-2-4-12(10)17-13/h1-7,9,14,17-18H,8H2,(H,16,19)/t14-/m1/s1. The van der Waals surface area contributed by atoms with Crippen molar-refractivity contribution >= 4 is 28.1 Å². The maximum absolute atomic E-state index is 12.0. The lowest BCUT2D eigenvalue weighted by Gasteiger charge is -2.09. The Bertz CT molecular complexity index is 685. The number of para-hydroxylation sites is 1. The Morgan fingerprint density at radius 1 is 1.35 bits per heavy atom. The molecule has 0 spiro atoms. The summed E-state index contributed by atoms with van der Waals surface area (Å²) in [5.74, 6) is -0.213. The second-order valence-electron chi connectivity index (χ2n) is 4.55. The number of thiophene rings is 1. The normalized spacial score (nSPS) is 12.4. The van der Waals surface area contributed by atoms with Gasteiger partial charge in [-0.2, -0.15) is 11.3 Å². The van der Waals surface area contributed by atoms with Crippen LogP contribution in [-0.4, -0.2) is 22.5 Å². The van der Waals surface area contributed by atoms with Crippen LogP contribution in [0.1, 0.15) is 22.2 Å². The van der Waals surface area contributed by atoms with Gasteiger partial charge in [0, 0.05) is 17.4 Å². The summed E-state index contributed by atoms with van der Waals surface area (Å²) in [4.78, 5) is 15.1. The molecule has 0 radical (unpaired) electrons. The molecule has 0 aliphatic heterocycles.